The lowest BCUT2D eigenvalue weighted by molar-refractivity contribution is -0.105. The fraction of sp³-hybridized carbons (Fsp3) is 0.125. The fourth-order valence-corrected chi connectivity index (χ4v) is 1.56. The van der Waals surface area contributed by atoms with Crippen molar-refractivity contribution in [3.8, 4) is 5.75 Å². The molecule has 0 aliphatic carbocycles. The Labute approximate surface area is 84.2 Å². The number of benzene rings is 1. The molecule has 4 heteroatoms. The van der Waals surface area contributed by atoms with Crippen LogP contribution >= 0.6 is 22.6 Å². The smallest absolute Gasteiger partial charge is 0.211 e. The summed E-state index contributed by atoms with van der Waals surface area (Å²) in [5, 5.41) is 2.56. The van der Waals surface area contributed by atoms with Crippen LogP contribution < -0.4 is 10.1 Å². The van der Waals surface area contributed by atoms with E-state index >= 15 is 0 Å². The first-order chi connectivity index (χ1) is 5.77. The molecule has 0 aliphatic rings. The maximum absolute atomic E-state index is 10.1. The molecule has 0 aromatic heterocycles. The highest BCUT2D eigenvalue weighted by atomic mass is 127. The molecule has 12 heavy (non-hydrogen) atoms. The molecule has 0 fully saturated rings. The molecule has 1 amide bonds. The van der Waals surface area contributed by atoms with E-state index in [9.17, 15) is 4.79 Å². The first-order valence-corrected chi connectivity index (χ1v) is 4.39. The van der Waals surface area contributed by atoms with E-state index in [0.717, 1.165) is 15.0 Å². The Bertz CT molecular complexity index is 288. The van der Waals surface area contributed by atoms with Gasteiger partial charge in [-0.1, -0.05) is 0 Å². The average Bonchev–Trinajstić information content (AvgIpc) is 2.05. The topological polar surface area (TPSA) is 38.3 Å². The summed E-state index contributed by atoms with van der Waals surface area (Å²) < 4.78 is 6.03. The minimum Gasteiger partial charge on any atom is -0.496 e. The number of amides is 1. The number of rotatable bonds is 3. The Hall–Kier alpha value is -0.780. The standard InChI is InChI=1S/C8H8INO2/c1-12-8-3-2-6(10-5-11)4-7(8)9/h2-5H,1H3,(H,10,11). The zero-order valence-electron chi connectivity index (χ0n) is 6.50. The normalized spacial score (nSPS) is 9.17. The summed E-state index contributed by atoms with van der Waals surface area (Å²) in [6.07, 6.45) is 0.651. The Morgan fingerprint density at radius 3 is 2.83 bits per heavy atom. The highest BCUT2D eigenvalue weighted by molar-refractivity contribution is 14.1. The molecule has 0 aliphatic heterocycles. The molecule has 0 saturated heterocycles. The van der Waals surface area contributed by atoms with E-state index in [1.165, 1.54) is 0 Å². The van der Waals surface area contributed by atoms with Gasteiger partial charge in [0.2, 0.25) is 6.41 Å². The van der Waals surface area contributed by atoms with Crippen molar-refractivity contribution in [2.45, 2.75) is 0 Å². The number of nitrogens with one attached hydrogen (secondary N) is 1. The minimum absolute atomic E-state index is 0.651. The third-order valence-electron chi connectivity index (χ3n) is 1.38. The molecule has 64 valence electrons. The van der Waals surface area contributed by atoms with E-state index in [1.54, 1.807) is 13.2 Å². The van der Waals surface area contributed by atoms with Crippen molar-refractivity contribution in [1.82, 2.24) is 0 Å². The largest absolute Gasteiger partial charge is 0.496 e. The van der Waals surface area contributed by atoms with Crippen LogP contribution in [0.5, 0.6) is 5.75 Å². The maximum Gasteiger partial charge on any atom is 0.211 e. The molecule has 0 heterocycles. The van der Waals surface area contributed by atoms with Gasteiger partial charge in [0.25, 0.3) is 0 Å². The summed E-state index contributed by atoms with van der Waals surface area (Å²) in [6, 6.07) is 5.44. The van der Waals surface area contributed by atoms with Crippen LogP contribution in [0.3, 0.4) is 0 Å². The Balaban J connectivity index is 2.93. The third kappa shape index (κ3) is 2.10. The SMILES string of the molecule is COc1ccc(NC=O)cc1I. The number of methoxy groups -OCH3 is 1. The monoisotopic (exact) mass is 277 g/mol. The Morgan fingerprint density at radius 2 is 2.33 bits per heavy atom. The maximum atomic E-state index is 10.1. The molecule has 0 bridgehead atoms. The molecule has 1 aromatic rings. The highest BCUT2D eigenvalue weighted by Crippen LogP contribution is 2.23. The lowest BCUT2D eigenvalue weighted by Gasteiger charge is -2.04. The van der Waals surface area contributed by atoms with Crippen molar-refractivity contribution in [2.75, 3.05) is 12.4 Å². The molecule has 3 nitrogen and oxygen atoms in total. The first kappa shape index (κ1) is 9.31. The van der Waals surface area contributed by atoms with Crippen LogP contribution in [0.25, 0.3) is 0 Å². The van der Waals surface area contributed by atoms with Crippen LogP contribution in [-0.2, 0) is 4.79 Å². The van der Waals surface area contributed by atoms with E-state index in [-0.39, 0.29) is 0 Å². The molecule has 0 radical (unpaired) electrons. The number of anilines is 1. The zero-order valence-corrected chi connectivity index (χ0v) is 8.66. The fourth-order valence-electron chi connectivity index (χ4n) is 0.824. The summed E-state index contributed by atoms with van der Waals surface area (Å²) in [4.78, 5) is 10.1. The second kappa shape index (κ2) is 4.30. The molecule has 0 spiro atoms. The van der Waals surface area contributed by atoms with Crippen molar-refractivity contribution in [1.29, 1.82) is 0 Å². The number of hydrogen-bond donors (Lipinski definition) is 1. The highest BCUT2D eigenvalue weighted by Gasteiger charge is 1.99. The molecular formula is C8H8INO2. The molecular weight excluding hydrogens is 269 g/mol. The second-order valence-electron chi connectivity index (χ2n) is 2.11. The molecule has 0 atom stereocenters. The van der Waals surface area contributed by atoms with E-state index in [1.807, 2.05) is 12.1 Å². The molecule has 0 saturated carbocycles. The van der Waals surface area contributed by atoms with Crippen LogP contribution in [0.1, 0.15) is 0 Å². The second-order valence-corrected chi connectivity index (χ2v) is 3.27. The quantitative estimate of drug-likeness (QED) is 0.676. The summed E-state index contributed by atoms with van der Waals surface area (Å²) >= 11 is 2.14. The van der Waals surface area contributed by atoms with Crippen LogP contribution in [-0.4, -0.2) is 13.5 Å². The average molecular weight is 277 g/mol. The zero-order chi connectivity index (χ0) is 8.97. The van der Waals surface area contributed by atoms with Crippen molar-refractivity contribution in [2.24, 2.45) is 0 Å². The lowest BCUT2D eigenvalue weighted by atomic mass is 10.3. The first-order valence-electron chi connectivity index (χ1n) is 3.31. The van der Waals surface area contributed by atoms with Gasteiger partial charge < -0.3 is 10.1 Å². The van der Waals surface area contributed by atoms with Gasteiger partial charge in [0.05, 0.1) is 10.7 Å². The minimum atomic E-state index is 0.651. The van der Waals surface area contributed by atoms with Crippen LogP contribution in [0.2, 0.25) is 0 Å². The number of ether oxygens (including phenoxy) is 1. The van der Waals surface area contributed by atoms with Gasteiger partial charge in [-0.15, -0.1) is 0 Å². The van der Waals surface area contributed by atoms with Gasteiger partial charge in [0, 0.05) is 5.69 Å². The number of carbonyl (C=O) groups excluding carboxylic acids is 1. The van der Waals surface area contributed by atoms with E-state index in [2.05, 4.69) is 27.9 Å². The lowest BCUT2D eigenvalue weighted by Crippen LogP contribution is -1.94. The van der Waals surface area contributed by atoms with E-state index < -0.39 is 0 Å². The van der Waals surface area contributed by atoms with Crippen molar-refractivity contribution in [3.05, 3.63) is 21.8 Å². The van der Waals surface area contributed by atoms with Crippen LogP contribution in [0, 0.1) is 3.57 Å². The summed E-state index contributed by atoms with van der Waals surface area (Å²) in [7, 11) is 1.62. The van der Waals surface area contributed by atoms with Crippen molar-refractivity contribution < 1.29 is 9.53 Å². The van der Waals surface area contributed by atoms with Gasteiger partial charge in [-0.25, -0.2) is 0 Å². The predicted molar refractivity (Wildman–Crippen MR) is 55.4 cm³/mol. The van der Waals surface area contributed by atoms with E-state index in [0.29, 0.717) is 6.41 Å². The van der Waals surface area contributed by atoms with Gasteiger partial charge in [-0.3, -0.25) is 4.79 Å². The van der Waals surface area contributed by atoms with Crippen molar-refractivity contribution in [3.63, 3.8) is 0 Å². The van der Waals surface area contributed by atoms with Gasteiger partial charge in [-0.2, -0.15) is 0 Å². The third-order valence-corrected chi connectivity index (χ3v) is 2.22. The molecule has 0 unspecified atom stereocenters. The van der Waals surface area contributed by atoms with Gasteiger partial charge in [-0.05, 0) is 40.8 Å². The van der Waals surface area contributed by atoms with Gasteiger partial charge in [0.15, 0.2) is 0 Å². The van der Waals surface area contributed by atoms with Crippen LogP contribution in [0.15, 0.2) is 18.2 Å². The molecule has 1 rings (SSSR count). The number of carbonyl (C=O) groups is 1. The number of halogens is 1. The predicted octanol–water partition coefficient (Wildman–Crippen LogP) is 1.87. The van der Waals surface area contributed by atoms with Crippen molar-refractivity contribution >= 4 is 34.7 Å². The number of hydrogen-bond acceptors (Lipinski definition) is 2. The van der Waals surface area contributed by atoms with Gasteiger partial charge >= 0.3 is 0 Å². The summed E-state index contributed by atoms with van der Waals surface area (Å²) in [6.45, 7) is 0. The Morgan fingerprint density at radius 1 is 1.58 bits per heavy atom. The summed E-state index contributed by atoms with van der Waals surface area (Å²) in [5.74, 6) is 0.812. The Kier molecular flexibility index (Phi) is 3.33. The van der Waals surface area contributed by atoms with Crippen LogP contribution in [0.4, 0.5) is 5.69 Å². The van der Waals surface area contributed by atoms with E-state index in [4.69, 9.17) is 4.74 Å². The van der Waals surface area contributed by atoms with Gasteiger partial charge in [0.1, 0.15) is 5.75 Å². The molecule has 1 N–H and O–H groups in total. The summed E-state index contributed by atoms with van der Waals surface area (Å²) in [5.41, 5.74) is 0.773. The molecule has 1 aromatic carbocycles.